The van der Waals surface area contributed by atoms with Gasteiger partial charge in [-0.05, 0) is 115 Å². The lowest BCUT2D eigenvalue weighted by atomic mass is 10.1. The van der Waals surface area contributed by atoms with Crippen LogP contribution in [-0.4, -0.2) is 97.2 Å². The number of hydrogen-bond donors (Lipinski definition) is 7. The van der Waals surface area contributed by atoms with E-state index >= 15 is 0 Å². The van der Waals surface area contributed by atoms with Crippen LogP contribution in [0.3, 0.4) is 0 Å². The number of fused-ring (bicyclic) bond motifs is 5. The Hall–Kier alpha value is -8.31. The Bertz CT molecular complexity index is 4760. The minimum atomic E-state index is -5.18. The van der Waals surface area contributed by atoms with Gasteiger partial charge in [0.1, 0.15) is 54.3 Å². The van der Waals surface area contributed by atoms with Crippen LogP contribution in [0.4, 0.5) is 34.1 Å². The molecule has 0 bridgehead atoms. The maximum atomic E-state index is 12.8. The van der Waals surface area contributed by atoms with Crippen molar-refractivity contribution >= 4 is 128 Å². The van der Waals surface area contributed by atoms with E-state index in [9.17, 15) is 75.1 Å². The number of azo groups is 3. The van der Waals surface area contributed by atoms with Crippen LogP contribution >= 0.6 is 0 Å². The Morgan fingerprint density at radius 3 is 1.65 bits per heavy atom. The fourth-order valence-corrected chi connectivity index (χ4v) is 11.2. The Morgan fingerprint density at radius 1 is 0.468 bits per heavy atom. The second-order valence-corrected chi connectivity index (χ2v) is 23.7. The number of aryl methyl sites for hydroxylation is 2. The fourth-order valence-electron chi connectivity index (χ4n) is 7.89. The van der Waals surface area contributed by atoms with Gasteiger partial charge in [0.15, 0.2) is 5.75 Å². The summed E-state index contributed by atoms with van der Waals surface area (Å²) in [4.78, 5) is -3.16. The molecule has 0 atom stereocenters. The molecule has 32 heteroatoms. The molecule has 1 heterocycles. The first kappa shape index (κ1) is 53.5. The topological polar surface area (TPSA) is 426 Å². The van der Waals surface area contributed by atoms with Gasteiger partial charge < -0.3 is 14.9 Å². The van der Waals surface area contributed by atoms with Crippen molar-refractivity contribution in [2.24, 2.45) is 30.7 Å². The van der Waals surface area contributed by atoms with Crippen molar-refractivity contribution in [1.82, 2.24) is 15.0 Å². The summed E-state index contributed by atoms with van der Waals surface area (Å²) in [6.07, 6.45) is 0. The molecule has 9 rings (SSSR count). The van der Waals surface area contributed by atoms with Gasteiger partial charge in [0.05, 0.1) is 39.7 Å². The summed E-state index contributed by atoms with van der Waals surface area (Å²) < 4.78 is 176. The van der Waals surface area contributed by atoms with E-state index in [1.807, 2.05) is 0 Å². The molecule has 1 aromatic heterocycles. The van der Waals surface area contributed by atoms with E-state index in [0.717, 1.165) is 29.1 Å². The monoisotopic (exact) mass is 1150 g/mol. The Labute approximate surface area is 433 Å². The molecule has 0 radical (unpaired) electrons. The summed E-state index contributed by atoms with van der Waals surface area (Å²) in [5.41, 5.74) is 0.881. The number of rotatable bonds is 13. The smallest absolute Gasteiger partial charge is 0.296 e. The summed E-state index contributed by atoms with van der Waals surface area (Å²) in [7, 11) is -23.7. The molecular formula is C45H33N9O18S5. The highest BCUT2D eigenvalue weighted by molar-refractivity contribution is 7.87. The average Bonchev–Trinajstić information content (AvgIpc) is 3.87. The molecule has 0 aliphatic carbocycles. The zero-order chi connectivity index (χ0) is 55.9. The number of phenolic OH excluding ortho intramolecular Hbond substituents is 2. The highest BCUT2D eigenvalue weighted by atomic mass is 32.2. The third-order valence-electron chi connectivity index (χ3n) is 11.6. The number of phenols is 2. The standard InChI is InChI=1S/C45H33N9O18S5/c1-21-11-35(22(2)10-34(21)47-46-25-5-4-23-13-27(73(57,58)59)17-41(31(23)15-25)76(66,67)68)48-50-37-19-38(55)36(20-39(37)72-3)49-51-44-42(77(69,70)71)14-24-12-26(6-7-29(24)45(44)56)54-52-33-9-8-30-32(43(33)53-54)16-28(74(60,61)62)18-40(30)75(63,64)65/h4-20,55-56H,1-3H3,(H,57,58,59)(H,60,61,62)(H,63,64,65)(H,66,67,68)(H,69,70,71)/b47-46+,50-48?,51-49+. The molecule has 0 unspecified atom stereocenters. The van der Waals surface area contributed by atoms with E-state index in [2.05, 4.69) is 40.9 Å². The number of benzene rings is 8. The maximum absolute atomic E-state index is 12.8. The highest BCUT2D eigenvalue weighted by Gasteiger charge is 2.26. The van der Waals surface area contributed by atoms with Crippen molar-refractivity contribution in [2.45, 2.75) is 38.3 Å². The second-order valence-electron chi connectivity index (χ2n) is 16.7. The molecule has 0 saturated carbocycles. The highest BCUT2D eigenvalue weighted by Crippen LogP contribution is 2.45. The molecule has 9 aromatic rings. The van der Waals surface area contributed by atoms with Crippen molar-refractivity contribution in [1.29, 1.82) is 0 Å². The van der Waals surface area contributed by atoms with Crippen LogP contribution < -0.4 is 4.74 Å². The molecule has 0 aliphatic rings. The first-order chi connectivity index (χ1) is 35.9. The first-order valence-corrected chi connectivity index (χ1v) is 28.5. The van der Waals surface area contributed by atoms with Crippen molar-refractivity contribution in [3.63, 3.8) is 0 Å². The van der Waals surface area contributed by atoms with E-state index in [1.54, 1.807) is 26.0 Å². The van der Waals surface area contributed by atoms with Crippen molar-refractivity contribution < 1.29 is 79.8 Å². The van der Waals surface area contributed by atoms with Gasteiger partial charge in [0.2, 0.25) is 0 Å². The number of methoxy groups -OCH3 is 1. The third-order valence-corrected chi connectivity index (χ3v) is 15.9. The van der Waals surface area contributed by atoms with Gasteiger partial charge >= 0.3 is 0 Å². The lowest BCUT2D eigenvalue weighted by Crippen LogP contribution is -2.04. The minimum absolute atomic E-state index is 0.0158. The zero-order valence-corrected chi connectivity index (χ0v) is 43.1. The Kier molecular flexibility index (Phi) is 13.2. The summed E-state index contributed by atoms with van der Waals surface area (Å²) in [5, 5.41) is 55.4. The molecule has 0 fully saturated rings. The lowest BCUT2D eigenvalue weighted by molar-refractivity contribution is 0.413. The molecule has 8 aromatic carbocycles. The quantitative estimate of drug-likeness (QED) is 0.0417. The van der Waals surface area contributed by atoms with Gasteiger partial charge in [0, 0.05) is 33.7 Å². The molecule has 0 aliphatic heterocycles. The van der Waals surface area contributed by atoms with Gasteiger partial charge in [-0.25, -0.2) is 0 Å². The lowest BCUT2D eigenvalue weighted by Gasteiger charge is -2.10. The molecular weight excluding hydrogens is 1110 g/mol. The molecule has 396 valence electrons. The first-order valence-electron chi connectivity index (χ1n) is 21.3. The normalized spacial score (nSPS) is 13.1. The van der Waals surface area contributed by atoms with E-state index < -0.39 is 92.3 Å². The van der Waals surface area contributed by atoms with Crippen molar-refractivity contribution in [2.75, 3.05) is 7.11 Å². The van der Waals surface area contributed by atoms with E-state index in [1.165, 1.54) is 61.7 Å². The number of ether oxygens (including phenoxy) is 1. The van der Waals surface area contributed by atoms with Gasteiger partial charge in [0.25, 0.3) is 50.6 Å². The summed E-state index contributed by atoms with van der Waals surface area (Å²) in [5.74, 6) is -1.38. The molecule has 0 spiro atoms. The van der Waals surface area contributed by atoms with Crippen molar-refractivity contribution in [3.8, 4) is 22.9 Å². The number of nitrogens with zero attached hydrogens (tertiary/aromatic N) is 9. The summed E-state index contributed by atoms with van der Waals surface area (Å²) in [6.45, 7) is 3.35. The van der Waals surface area contributed by atoms with Crippen LogP contribution in [0.15, 0.2) is 158 Å². The molecule has 0 amide bonds. The minimum Gasteiger partial charge on any atom is -0.506 e. The molecule has 77 heavy (non-hydrogen) atoms. The van der Waals surface area contributed by atoms with Crippen LogP contribution in [0.25, 0.3) is 49.0 Å². The van der Waals surface area contributed by atoms with Crippen LogP contribution in [-0.2, 0) is 50.6 Å². The zero-order valence-electron chi connectivity index (χ0n) is 39.0. The summed E-state index contributed by atoms with van der Waals surface area (Å²) >= 11 is 0. The fraction of sp³-hybridized carbons (Fsp3) is 0.0667. The average molecular weight is 1150 g/mol. The van der Waals surface area contributed by atoms with E-state index in [0.29, 0.717) is 34.6 Å². The number of aromatic nitrogens is 3. The van der Waals surface area contributed by atoms with Crippen LogP contribution in [0.2, 0.25) is 0 Å². The van der Waals surface area contributed by atoms with Crippen LogP contribution in [0, 0.1) is 13.8 Å². The second kappa shape index (κ2) is 19.1. The van der Waals surface area contributed by atoms with Crippen LogP contribution in [0.1, 0.15) is 11.1 Å². The third kappa shape index (κ3) is 10.6. The van der Waals surface area contributed by atoms with Gasteiger partial charge in [-0.1, -0.05) is 12.1 Å². The predicted molar refractivity (Wildman–Crippen MR) is 272 cm³/mol. The van der Waals surface area contributed by atoms with E-state index in [-0.39, 0.29) is 71.8 Å². The molecule has 7 N–H and O–H groups in total. The molecule has 0 saturated heterocycles. The van der Waals surface area contributed by atoms with Gasteiger partial charge in [-0.2, -0.15) is 62.2 Å². The van der Waals surface area contributed by atoms with E-state index in [4.69, 9.17) is 4.74 Å². The number of aromatic hydroxyl groups is 2. The summed E-state index contributed by atoms with van der Waals surface area (Å²) in [6, 6.07) is 20.1. The Balaban J connectivity index is 0.993. The van der Waals surface area contributed by atoms with Crippen LogP contribution in [0.5, 0.6) is 17.2 Å². The number of hydrogen-bond acceptors (Lipinski definition) is 21. The SMILES string of the molecule is COc1cc(/N=N/c2c(S(=O)(=O)O)cc3cc(-n4nc5ccc6c(S(=O)(=O)O)cc(S(=O)(=O)O)cc6c5n4)ccc3c2O)c(O)cc1N=Nc1cc(C)c(/N=N/c2ccc3cc(S(=O)(=O)O)cc(S(=O)(=O)O)c3c2)cc1C. The van der Waals surface area contributed by atoms with Gasteiger partial charge in [-0.3, -0.25) is 22.8 Å². The van der Waals surface area contributed by atoms with Crippen molar-refractivity contribution in [3.05, 3.63) is 114 Å². The maximum Gasteiger partial charge on any atom is 0.296 e. The largest absolute Gasteiger partial charge is 0.506 e. The predicted octanol–water partition coefficient (Wildman–Crippen LogP) is 9.40. The molecule has 27 nitrogen and oxygen atoms in total. The van der Waals surface area contributed by atoms with Gasteiger partial charge in [-0.15, -0.1) is 25.5 Å². The Morgan fingerprint density at radius 2 is 1.04 bits per heavy atom.